The molecule has 0 radical (unpaired) electrons. The zero-order valence-corrected chi connectivity index (χ0v) is 20.5. The molecule has 0 aliphatic carbocycles. The predicted octanol–water partition coefficient (Wildman–Crippen LogP) is 2.29. The van der Waals surface area contributed by atoms with Crippen LogP contribution >= 0.6 is 0 Å². The Morgan fingerprint density at radius 2 is 1.78 bits per heavy atom. The third kappa shape index (κ3) is 5.03. The van der Waals surface area contributed by atoms with Crippen molar-refractivity contribution in [2.75, 3.05) is 46.3 Å². The first-order valence-corrected chi connectivity index (χ1v) is 12.4. The summed E-state index contributed by atoms with van der Waals surface area (Å²) in [7, 11) is 2.13. The van der Waals surface area contributed by atoms with E-state index >= 15 is 0 Å². The van der Waals surface area contributed by atoms with Crippen molar-refractivity contribution < 1.29 is 9.18 Å². The number of piperazine rings is 1. The van der Waals surface area contributed by atoms with Gasteiger partial charge in [0.15, 0.2) is 0 Å². The summed E-state index contributed by atoms with van der Waals surface area (Å²) in [5.74, 6) is -0.576. The van der Waals surface area contributed by atoms with E-state index in [0.717, 1.165) is 50.0 Å². The summed E-state index contributed by atoms with van der Waals surface area (Å²) < 4.78 is 17.5. The molecule has 1 saturated heterocycles. The second kappa shape index (κ2) is 10.6. The van der Waals surface area contributed by atoms with Gasteiger partial charge in [0.2, 0.25) is 5.91 Å². The maximum atomic E-state index is 14.5. The normalized spacial score (nSPS) is 15.1. The molecule has 5 rings (SSSR count). The van der Waals surface area contributed by atoms with Crippen LogP contribution in [0.4, 0.5) is 4.39 Å². The van der Waals surface area contributed by atoms with Crippen molar-refractivity contribution in [1.29, 1.82) is 0 Å². The SMILES string of the molecule is CN1CCN(CCCNC(=O)Cn2ncc3c4ccccc4n(Cc4ccccc4F)c3c2=O)CC1. The average molecular weight is 491 g/mol. The Hall–Kier alpha value is -3.56. The van der Waals surface area contributed by atoms with E-state index in [9.17, 15) is 14.0 Å². The van der Waals surface area contributed by atoms with Crippen molar-refractivity contribution in [1.82, 2.24) is 29.5 Å². The van der Waals surface area contributed by atoms with Crippen molar-refractivity contribution in [3.63, 3.8) is 0 Å². The summed E-state index contributed by atoms with van der Waals surface area (Å²) in [5.41, 5.74) is 1.35. The van der Waals surface area contributed by atoms with Gasteiger partial charge in [-0.3, -0.25) is 9.59 Å². The lowest BCUT2D eigenvalue weighted by molar-refractivity contribution is -0.121. The molecule has 4 aromatic rings. The smallest absolute Gasteiger partial charge is 0.291 e. The van der Waals surface area contributed by atoms with Crippen LogP contribution in [0.5, 0.6) is 0 Å². The highest BCUT2D eigenvalue weighted by Gasteiger charge is 2.18. The Bertz CT molecular complexity index is 1440. The molecule has 0 bridgehead atoms. The summed E-state index contributed by atoms with van der Waals surface area (Å²) in [6, 6.07) is 14.2. The van der Waals surface area contributed by atoms with Crippen molar-refractivity contribution in [3.05, 3.63) is 76.5 Å². The van der Waals surface area contributed by atoms with E-state index in [2.05, 4.69) is 27.3 Å². The van der Waals surface area contributed by atoms with Gasteiger partial charge in [-0.15, -0.1) is 0 Å². The molecule has 2 aromatic heterocycles. The molecular formula is C27H31FN6O2. The van der Waals surface area contributed by atoms with E-state index < -0.39 is 0 Å². The number of hydrogen-bond acceptors (Lipinski definition) is 5. The van der Waals surface area contributed by atoms with Crippen molar-refractivity contribution in [2.45, 2.75) is 19.5 Å². The molecule has 0 spiro atoms. The first-order chi connectivity index (χ1) is 17.5. The second-order valence-corrected chi connectivity index (χ2v) is 9.41. The van der Waals surface area contributed by atoms with E-state index in [-0.39, 0.29) is 30.4 Å². The van der Waals surface area contributed by atoms with Crippen molar-refractivity contribution >= 4 is 27.7 Å². The summed E-state index contributed by atoms with van der Waals surface area (Å²) in [6.07, 6.45) is 2.48. The van der Waals surface area contributed by atoms with E-state index in [1.54, 1.807) is 24.4 Å². The zero-order valence-electron chi connectivity index (χ0n) is 20.5. The molecule has 9 heteroatoms. The fraction of sp³-hybridized carbons (Fsp3) is 0.370. The number of carbonyl (C=O) groups excluding carboxylic acids is 1. The fourth-order valence-corrected chi connectivity index (χ4v) is 4.86. The largest absolute Gasteiger partial charge is 0.354 e. The third-order valence-corrected chi connectivity index (χ3v) is 6.92. The highest BCUT2D eigenvalue weighted by molar-refractivity contribution is 6.07. The first-order valence-electron chi connectivity index (χ1n) is 12.4. The summed E-state index contributed by atoms with van der Waals surface area (Å²) in [5, 5.41) is 8.76. The number of nitrogens with zero attached hydrogens (tertiary/aromatic N) is 5. The van der Waals surface area contributed by atoms with Gasteiger partial charge >= 0.3 is 0 Å². The van der Waals surface area contributed by atoms with Crippen molar-refractivity contribution in [2.24, 2.45) is 0 Å². The Labute approximate surface area is 208 Å². The summed E-state index contributed by atoms with van der Waals surface area (Å²) in [6.45, 7) is 5.76. The molecule has 1 fully saturated rings. The Kier molecular flexibility index (Phi) is 7.11. The minimum absolute atomic E-state index is 0.162. The Morgan fingerprint density at radius 3 is 2.58 bits per heavy atom. The number of amides is 1. The van der Waals surface area contributed by atoms with Gasteiger partial charge in [0, 0.05) is 54.6 Å². The highest BCUT2D eigenvalue weighted by Crippen LogP contribution is 2.27. The molecular weight excluding hydrogens is 459 g/mol. The van der Waals surface area contributed by atoms with Gasteiger partial charge < -0.3 is 19.7 Å². The number of rotatable bonds is 8. The number of para-hydroxylation sites is 1. The van der Waals surface area contributed by atoms with Crippen LogP contribution in [0.2, 0.25) is 0 Å². The van der Waals surface area contributed by atoms with Crippen LogP contribution < -0.4 is 10.9 Å². The number of halogens is 1. The molecule has 8 nitrogen and oxygen atoms in total. The van der Waals surface area contributed by atoms with Crippen molar-refractivity contribution in [3.8, 4) is 0 Å². The van der Waals surface area contributed by atoms with Gasteiger partial charge in [-0.1, -0.05) is 36.4 Å². The van der Waals surface area contributed by atoms with Gasteiger partial charge in [-0.05, 0) is 32.1 Å². The molecule has 36 heavy (non-hydrogen) atoms. The van der Waals surface area contributed by atoms with Gasteiger partial charge in [0.25, 0.3) is 5.56 Å². The number of benzene rings is 2. The minimum atomic E-state index is -0.368. The number of nitrogens with one attached hydrogen (secondary N) is 1. The average Bonchev–Trinajstić information content (AvgIpc) is 3.20. The lowest BCUT2D eigenvalue weighted by Crippen LogP contribution is -2.45. The molecule has 1 aliphatic heterocycles. The standard InChI is InChI=1S/C27H31FN6O2/c1-31-13-15-32(16-14-31)12-6-11-29-25(35)19-34-27(36)26-22(17-30-34)21-8-3-5-10-24(21)33(26)18-20-7-2-4-9-23(20)28/h2-5,7-10,17H,6,11-16,18-19H2,1H3,(H,29,35). The van der Waals surface area contributed by atoms with Gasteiger partial charge in [0.1, 0.15) is 17.9 Å². The van der Waals surface area contributed by atoms with Crippen LogP contribution in [0.25, 0.3) is 21.8 Å². The topological polar surface area (TPSA) is 75.4 Å². The molecule has 0 saturated carbocycles. The number of hydrogen-bond donors (Lipinski definition) is 1. The van der Waals surface area contributed by atoms with Crippen LogP contribution in [0, 0.1) is 5.82 Å². The Balaban J connectivity index is 1.33. The maximum absolute atomic E-state index is 14.5. The third-order valence-electron chi connectivity index (χ3n) is 6.92. The van der Waals surface area contributed by atoms with Gasteiger partial charge in [0.05, 0.1) is 12.7 Å². The monoisotopic (exact) mass is 490 g/mol. The van der Waals surface area contributed by atoms with Crippen LogP contribution in [0.1, 0.15) is 12.0 Å². The minimum Gasteiger partial charge on any atom is -0.354 e. The fourth-order valence-electron chi connectivity index (χ4n) is 4.86. The quantitative estimate of drug-likeness (QED) is 0.384. The molecule has 2 aromatic carbocycles. The molecule has 1 N–H and O–H groups in total. The van der Waals surface area contributed by atoms with Crippen LogP contribution in [-0.4, -0.2) is 76.4 Å². The summed E-state index contributed by atoms with van der Waals surface area (Å²) in [4.78, 5) is 30.8. The first kappa shape index (κ1) is 24.1. The predicted molar refractivity (Wildman–Crippen MR) is 139 cm³/mol. The summed E-state index contributed by atoms with van der Waals surface area (Å²) >= 11 is 0. The number of aromatic nitrogens is 3. The van der Waals surface area contributed by atoms with Crippen LogP contribution in [0.15, 0.2) is 59.5 Å². The highest BCUT2D eigenvalue weighted by atomic mass is 19.1. The molecule has 0 unspecified atom stereocenters. The number of likely N-dealkylation sites (N-methyl/N-ethyl adjacent to an activating group) is 1. The number of fused-ring (bicyclic) bond motifs is 3. The molecule has 188 valence electrons. The molecule has 1 aliphatic rings. The lowest BCUT2D eigenvalue weighted by atomic mass is 10.2. The van der Waals surface area contributed by atoms with Gasteiger partial charge in [-0.25, -0.2) is 9.07 Å². The molecule has 3 heterocycles. The zero-order chi connectivity index (χ0) is 25.1. The molecule has 0 atom stereocenters. The van der Waals surface area contributed by atoms with E-state index in [1.807, 2.05) is 28.8 Å². The Morgan fingerprint density at radius 1 is 1.03 bits per heavy atom. The van der Waals surface area contributed by atoms with Gasteiger partial charge in [-0.2, -0.15) is 5.10 Å². The second-order valence-electron chi connectivity index (χ2n) is 9.41. The molecule has 1 amide bonds. The number of carbonyl (C=O) groups is 1. The van der Waals surface area contributed by atoms with E-state index in [1.165, 1.54) is 10.7 Å². The maximum Gasteiger partial charge on any atom is 0.291 e. The van der Waals surface area contributed by atoms with E-state index in [4.69, 9.17) is 0 Å². The van der Waals surface area contributed by atoms with E-state index in [0.29, 0.717) is 23.0 Å². The lowest BCUT2D eigenvalue weighted by Gasteiger charge is -2.32. The van der Waals surface area contributed by atoms with Crippen LogP contribution in [-0.2, 0) is 17.9 Å². The van der Waals surface area contributed by atoms with Crippen LogP contribution in [0.3, 0.4) is 0 Å².